The topological polar surface area (TPSA) is 131 Å². The van der Waals surface area contributed by atoms with Crippen molar-refractivity contribution in [2.24, 2.45) is 11.1 Å². The Hall–Kier alpha value is -2.72. The van der Waals surface area contributed by atoms with Crippen molar-refractivity contribution in [2.75, 3.05) is 29.9 Å². The zero-order chi connectivity index (χ0) is 19.4. The summed E-state index contributed by atoms with van der Waals surface area (Å²) in [5.41, 5.74) is 1.12. The average Bonchev–Trinajstić information content (AvgIpc) is 2.66. The van der Waals surface area contributed by atoms with Crippen molar-refractivity contribution in [3.63, 3.8) is 0 Å². The van der Waals surface area contributed by atoms with E-state index in [4.69, 9.17) is 5.14 Å². The number of nitrogens with one attached hydrogen (secondary N) is 1. The third-order valence-corrected chi connectivity index (χ3v) is 5.67. The molecule has 1 fully saturated rings. The minimum atomic E-state index is -3.97. The number of aromatic nitrogens is 1. The number of pyridine rings is 1. The van der Waals surface area contributed by atoms with Crippen molar-refractivity contribution in [1.29, 1.82) is 0 Å². The zero-order valence-electron chi connectivity index (χ0n) is 14.6. The lowest BCUT2D eigenvalue weighted by atomic mass is 9.96. The summed E-state index contributed by atoms with van der Waals surface area (Å²) in [6, 6.07) is 7.46. The molecule has 1 aliphatic heterocycles. The molecule has 0 amide bonds. The number of anilines is 2. The van der Waals surface area contributed by atoms with E-state index < -0.39 is 14.9 Å². The van der Waals surface area contributed by atoms with Crippen LogP contribution in [0.25, 0.3) is 0 Å². The molecule has 10 heteroatoms. The highest BCUT2D eigenvalue weighted by Crippen LogP contribution is 2.28. The van der Waals surface area contributed by atoms with Gasteiger partial charge in [0.1, 0.15) is 4.90 Å². The smallest absolute Gasteiger partial charge is 0.271 e. The van der Waals surface area contributed by atoms with E-state index in [-0.39, 0.29) is 16.3 Å². The van der Waals surface area contributed by atoms with E-state index in [1.807, 2.05) is 12.1 Å². The highest BCUT2D eigenvalue weighted by atomic mass is 32.2. The zero-order valence-corrected chi connectivity index (χ0v) is 15.4. The lowest BCUT2D eigenvalue weighted by molar-refractivity contribution is -0.384. The average molecular weight is 391 g/mol. The summed E-state index contributed by atoms with van der Waals surface area (Å²) in [6.45, 7) is 2.29. The quantitative estimate of drug-likeness (QED) is 0.568. The summed E-state index contributed by atoms with van der Waals surface area (Å²) >= 11 is 0. The minimum Gasteiger partial charge on any atom is -0.383 e. The van der Waals surface area contributed by atoms with Crippen LogP contribution >= 0.6 is 0 Å². The molecule has 1 aliphatic rings. The predicted molar refractivity (Wildman–Crippen MR) is 102 cm³/mol. The van der Waals surface area contributed by atoms with Crippen molar-refractivity contribution < 1.29 is 13.3 Å². The van der Waals surface area contributed by atoms with Gasteiger partial charge >= 0.3 is 0 Å². The molecule has 3 rings (SSSR count). The number of nitro benzene ring substituents is 1. The number of nitrogens with two attached hydrogens (primary N) is 1. The van der Waals surface area contributed by atoms with Crippen molar-refractivity contribution in [2.45, 2.75) is 17.7 Å². The van der Waals surface area contributed by atoms with Gasteiger partial charge in [-0.3, -0.25) is 15.1 Å². The van der Waals surface area contributed by atoms with Crippen molar-refractivity contribution in [3.05, 3.63) is 52.8 Å². The predicted octanol–water partition coefficient (Wildman–Crippen LogP) is 1.97. The molecular weight excluding hydrogens is 370 g/mol. The molecule has 1 aromatic heterocycles. The lowest BCUT2D eigenvalue weighted by Gasteiger charge is -2.33. The van der Waals surface area contributed by atoms with Crippen molar-refractivity contribution >= 4 is 27.1 Å². The van der Waals surface area contributed by atoms with Gasteiger partial charge < -0.3 is 10.2 Å². The van der Waals surface area contributed by atoms with Crippen LogP contribution < -0.4 is 15.4 Å². The summed E-state index contributed by atoms with van der Waals surface area (Å²) in [5, 5.41) is 19.3. The van der Waals surface area contributed by atoms with Gasteiger partial charge in [0.25, 0.3) is 5.69 Å². The second-order valence-corrected chi connectivity index (χ2v) is 8.03. The molecule has 2 heterocycles. The largest absolute Gasteiger partial charge is 0.383 e. The Kier molecular flexibility index (Phi) is 5.57. The molecular formula is C17H21N5O4S. The van der Waals surface area contributed by atoms with Crippen LogP contribution in [-0.2, 0) is 10.0 Å². The van der Waals surface area contributed by atoms with Crippen molar-refractivity contribution in [1.82, 2.24) is 4.98 Å². The van der Waals surface area contributed by atoms with Gasteiger partial charge in [0.2, 0.25) is 10.0 Å². The number of hydrogen-bond donors (Lipinski definition) is 2. The van der Waals surface area contributed by atoms with Gasteiger partial charge in [-0.1, -0.05) is 0 Å². The van der Waals surface area contributed by atoms with Gasteiger partial charge in [0, 0.05) is 49.8 Å². The van der Waals surface area contributed by atoms with Crippen LogP contribution in [0.1, 0.15) is 12.8 Å². The normalized spacial score (nSPS) is 15.5. The Morgan fingerprint density at radius 2 is 1.89 bits per heavy atom. The van der Waals surface area contributed by atoms with E-state index in [1.165, 1.54) is 12.1 Å². The Morgan fingerprint density at radius 1 is 1.22 bits per heavy atom. The molecule has 0 saturated carbocycles. The van der Waals surface area contributed by atoms with Crippen LogP contribution in [0, 0.1) is 16.0 Å². The maximum absolute atomic E-state index is 11.7. The first-order chi connectivity index (χ1) is 12.8. The summed E-state index contributed by atoms with van der Waals surface area (Å²) in [6.07, 6.45) is 5.38. The fraction of sp³-hybridized carbons (Fsp3) is 0.353. The van der Waals surface area contributed by atoms with Gasteiger partial charge in [0.05, 0.1) is 10.6 Å². The highest BCUT2D eigenvalue weighted by molar-refractivity contribution is 7.89. The van der Waals surface area contributed by atoms with Gasteiger partial charge in [-0.25, -0.2) is 13.6 Å². The number of piperidine rings is 1. The monoisotopic (exact) mass is 391 g/mol. The van der Waals surface area contributed by atoms with E-state index in [0.29, 0.717) is 12.5 Å². The molecule has 1 saturated heterocycles. The summed E-state index contributed by atoms with van der Waals surface area (Å²) in [4.78, 5) is 16.6. The lowest BCUT2D eigenvalue weighted by Crippen LogP contribution is -2.36. The molecule has 27 heavy (non-hydrogen) atoms. The number of benzene rings is 1. The molecule has 0 atom stereocenters. The van der Waals surface area contributed by atoms with Gasteiger partial charge in [-0.15, -0.1) is 0 Å². The maximum atomic E-state index is 11.7. The first-order valence-corrected chi connectivity index (χ1v) is 10.1. The SMILES string of the molecule is NS(=O)(=O)c1ccc([N+](=O)[O-])cc1NCC1CCN(c2ccncc2)CC1. The molecule has 2 aromatic rings. The van der Waals surface area contributed by atoms with E-state index in [0.717, 1.165) is 37.7 Å². The first kappa shape index (κ1) is 19.1. The summed E-state index contributed by atoms with van der Waals surface area (Å²) < 4.78 is 23.5. The van der Waals surface area contributed by atoms with Crippen LogP contribution in [-0.4, -0.2) is 38.0 Å². The molecule has 1 aromatic carbocycles. The highest BCUT2D eigenvalue weighted by Gasteiger charge is 2.22. The van der Waals surface area contributed by atoms with E-state index in [9.17, 15) is 18.5 Å². The van der Waals surface area contributed by atoms with Crippen LogP contribution in [0.2, 0.25) is 0 Å². The maximum Gasteiger partial charge on any atom is 0.271 e. The fourth-order valence-electron chi connectivity index (χ4n) is 3.22. The first-order valence-electron chi connectivity index (χ1n) is 8.54. The summed E-state index contributed by atoms with van der Waals surface area (Å²) in [7, 11) is -3.97. The van der Waals surface area contributed by atoms with E-state index in [2.05, 4.69) is 15.2 Å². The third-order valence-electron chi connectivity index (χ3n) is 4.70. The molecule has 0 bridgehead atoms. The number of sulfonamides is 1. The van der Waals surface area contributed by atoms with Gasteiger partial charge in [-0.05, 0) is 37.0 Å². The second-order valence-electron chi connectivity index (χ2n) is 6.50. The van der Waals surface area contributed by atoms with Gasteiger partial charge in [-0.2, -0.15) is 0 Å². The second kappa shape index (κ2) is 7.89. The number of hydrogen-bond acceptors (Lipinski definition) is 7. The van der Waals surface area contributed by atoms with E-state index >= 15 is 0 Å². The Labute approximate surface area is 157 Å². The Balaban J connectivity index is 1.65. The minimum absolute atomic E-state index is 0.137. The number of nitro groups is 1. The van der Waals surface area contributed by atoms with Crippen LogP contribution in [0.4, 0.5) is 17.1 Å². The number of primary sulfonamides is 1. The molecule has 3 N–H and O–H groups in total. The number of rotatable bonds is 6. The Morgan fingerprint density at radius 3 is 2.48 bits per heavy atom. The summed E-state index contributed by atoms with van der Waals surface area (Å²) in [5.74, 6) is 0.329. The number of non-ortho nitro benzene ring substituents is 1. The third kappa shape index (κ3) is 4.72. The molecule has 9 nitrogen and oxygen atoms in total. The fourth-order valence-corrected chi connectivity index (χ4v) is 3.92. The van der Waals surface area contributed by atoms with Crippen LogP contribution in [0.5, 0.6) is 0 Å². The molecule has 0 unspecified atom stereocenters. The van der Waals surface area contributed by atoms with Crippen LogP contribution in [0.15, 0.2) is 47.6 Å². The van der Waals surface area contributed by atoms with Gasteiger partial charge in [0.15, 0.2) is 0 Å². The molecule has 0 aliphatic carbocycles. The molecule has 0 spiro atoms. The standard InChI is InChI=1S/C17H21N5O4S/c18-27(25,26)17-2-1-15(22(23)24)11-16(17)20-12-13-5-9-21(10-6-13)14-3-7-19-8-4-14/h1-4,7-8,11,13,20H,5-6,9-10,12H2,(H2,18,25,26). The van der Waals surface area contributed by atoms with Crippen molar-refractivity contribution in [3.8, 4) is 0 Å². The number of nitrogens with zero attached hydrogens (tertiary/aromatic N) is 3. The molecule has 0 radical (unpaired) electrons. The van der Waals surface area contributed by atoms with E-state index in [1.54, 1.807) is 12.4 Å². The Bertz CT molecular complexity index is 912. The van der Waals surface area contributed by atoms with Crippen LogP contribution in [0.3, 0.4) is 0 Å². The molecule has 144 valence electrons.